The highest BCUT2D eigenvalue weighted by Gasteiger charge is 2.19. The van der Waals surface area contributed by atoms with E-state index in [2.05, 4.69) is 10.6 Å². The number of nitrogens with one attached hydrogen (secondary N) is 2. The minimum Gasteiger partial charge on any atom is -0.444 e. The van der Waals surface area contributed by atoms with Crippen molar-refractivity contribution < 1.29 is 19.1 Å². The third-order valence-electron chi connectivity index (χ3n) is 3.32. The number of carbonyl (C=O) groups is 2. The molecule has 0 bridgehead atoms. The summed E-state index contributed by atoms with van der Waals surface area (Å²) < 4.78 is 10.7. The van der Waals surface area contributed by atoms with Crippen molar-refractivity contribution in [3.63, 3.8) is 0 Å². The Morgan fingerprint density at radius 1 is 1.00 bits per heavy atom. The van der Waals surface area contributed by atoms with Crippen LogP contribution in [0.25, 0.3) is 0 Å². The zero-order chi connectivity index (χ0) is 20.2. The molecule has 27 heavy (non-hydrogen) atoms. The fourth-order valence-electron chi connectivity index (χ4n) is 2.24. The molecule has 0 spiro atoms. The molecule has 2 aromatic carbocycles. The smallest absolute Gasteiger partial charge is 0.412 e. The molecular formula is C19H24N4O4. The van der Waals surface area contributed by atoms with Gasteiger partial charge in [0.25, 0.3) is 0 Å². The number of nitrogen functional groups attached to an aromatic ring is 2. The Morgan fingerprint density at radius 3 is 2.19 bits per heavy atom. The summed E-state index contributed by atoms with van der Waals surface area (Å²) in [6, 6.07) is 9.35. The highest BCUT2D eigenvalue weighted by molar-refractivity contribution is 5.95. The van der Waals surface area contributed by atoms with E-state index >= 15 is 0 Å². The van der Waals surface area contributed by atoms with E-state index in [1.807, 2.05) is 0 Å². The average Bonchev–Trinajstić information content (AvgIpc) is 2.53. The van der Waals surface area contributed by atoms with Crippen molar-refractivity contribution in [3.05, 3.63) is 42.0 Å². The first-order chi connectivity index (χ1) is 12.6. The van der Waals surface area contributed by atoms with E-state index in [4.69, 9.17) is 20.9 Å². The van der Waals surface area contributed by atoms with Crippen LogP contribution in [0.3, 0.4) is 0 Å². The monoisotopic (exact) mass is 372 g/mol. The lowest BCUT2D eigenvalue weighted by Gasteiger charge is -2.20. The predicted molar refractivity (Wildman–Crippen MR) is 106 cm³/mol. The maximum Gasteiger partial charge on any atom is 0.412 e. The van der Waals surface area contributed by atoms with Crippen LogP contribution in [-0.4, -0.2) is 24.7 Å². The van der Waals surface area contributed by atoms with Crippen molar-refractivity contribution in [2.75, 3.05) is 29.1 Å². The standard InChI is InChI=1S/C19H24N4O4/c1-19(2,3)27-18(25)23-15-10-14(22-4)5-6-16(15)26-17(24)11-7-12(20)9-13(21)8-11/h5-10,22H,20-21H2,1-4H3,(H,23,25). The van der Waals surface area contributed by atoms with Crippen LogP contribution in [0.5, 0.6) is 5.75 Å². The predicted octanol–water partition coefficient (Wildman–Crippen LogP) is 3.46. The van der Waals surface area contributed by atoms with Gasteiger partial charge in [-0.2, -0.15) is 0 Å². The van der Waals surface area contributed by atoms with Gasteiger partial charge in [-0.05, 0) is 57.2 Å². The summed E-state index contributed by atoms with van der Waals surface area (Å²) in [7, 11) is 1.73. The van der Waals surface area contributed by atoms with Crippen LogP contribution in [-0.2, 0) is 4.74 Å². The molecule has 0 heterocycles. The first-order valence-electron chi connectivity index (χ1n) is 8.27. The van der Waals surface area contributed by atoms with Crippen molar-refractivity contribution in [2.45, 2.75) is 26.4 Å². The number of ether oxygens (including phenoxy) is 2. The first-order valence-corrected chi connectivity index (χ1v) is 8.27. The zero-order valence-corrected chi connectivity index (χ0v) is 15.8. The normalized spacial score (nSPS) is 10.8. The van der Waals surface area contributed by atoms with Gasteiger partial charge in [-0.3, -0.25) is 5.32 Å². The van der Waals surface area contributed by atoms with Gasteiger partial charge in [0.2, 0.25) is 0 Å². The van der Waals surface area contributed by atoms with Crippen LogP contribution in [0.1, 0.15) is 31.1 Å². The number of carbonyl (C=O) groups excluding carboxylic acids is 2. The summed E-state index contributed by atoms with van der Waals surface area (Å²) in [5, 5.41) is 5.54. The third kappa shape index (κ3) is 5.81. The molecule has 0 aromatic heterocycles. The van der Waals surface area contributed by atoms with Crippen LogP contribution in [0.2, 0.25) is 0 Å². The molecule has 0 saturated heterocycles. The van der Waals surface area contributed by atoms with Crippen LogP contribution in [0.15, 0.2) is 36.4 Å². The highest BCUT2D eigenvalue weighted by atomic mass is 16.6. The second kappa shape index (κ2) is 7.86. The van der Waals surface area contributed by atoms with Gasteiger partial charge < -0.3 is 26.3 Å². The van der Waals surface area contributed by atoms with Gasteiger partial charge >= 0.3 is 12.1 Å². The van der Waals surface area contributed by atoms with Crippen molar-refractivity contribution in [2.24, 2.45) is 0 Å². The molecule has 1 amide bonds. The van der Waals surface area contributed by atoms with E-state index in [9.17, 15) is 9.59 Å². The molecule has 2 rings (SSSR count). The summed E-state index contributed by atoms with van der Waals surface area (Å²) in [5.41, 5.74) is 12.7. The molecule has 0 aliphatic rings. The second-order valence-corrected chi connectivity index (χ2v) is 6.87. The molecule has 0 radical (unpaired) electrons. The summed E-state index contributed by atoms with van der Waals surface area (Å²) in [4.78, 5) is 24.5. The minimum atomic E-state index is -0.666. The maximum absolute atomic E-state index is 12.4. The Labute approximate surface area is 157 Å². The van der Waals surface area contributed by atoms with Crippen LogP contribution >= 0.6 is 0 Å². The summed E-state index contributed by atoms with van der Waals surface area (Å²) in [5.74, 6) is -0.496. The lowest BCUT2D eigenvalue weighted by molar-refractivity contribution is 0.0630. The zero-order valence-electron chi connectivity index (χ0n) is 15.8. The van der Waals surface area contributed by atoms with Gasteiger partial charge in [0.15, 0.2) is 5.75 Å². The van der Waals surface area contributed by atoms with E-state index in [1.165, 1.54) is 18.2 Å². The van der Waals surface area contributed by atoms with Gasteiger partial charge in [0.05, 0.1) is 11.3 Å². The lowest BCUT2D eigenvalue weighted by Crippen LogP contribution is -2.27. The van der Waals surface area contributed by atoms with E-state index in [0.29, 0.717) is 17.1 Å². The van der Waals surface area contributed by atoms with Crippen molar-refractivity contribution in [1.29, 1.82) is 0 Å². The summed E-state index contributed by atoms with van der Waals surface area (Å²) in [6.07, 6.45) is -0.666. The SMILES string of the molecule is CNc1ccc(OC(=O)c2cc(N)cc(N)c2)c(NC(=O)OC(C)(C)C)c1. The molecule has 0 unspecified atom stereocenters. The Hall–Kier alpha value is -3.42. The number of hydrogen-bond acceptors (Lipinski definition) is 7. The van der Waals surface area contributed by atoms with Crippen LogP contribution < -0.4 is 26.8 Å². The number of amides is 1. The van der Waals surface area contributed by atoms with Gasteiger partial charge in [-0.25, -0.2) is 9.59 Å². The fraction of sp³-hybridized carbons (Fsp3) is 0.263. The van der Waals surface area contributed by atoms with Gasteiger partial charge in [-0.15, -0.1) is 0 Å². The third-order valence-corrected chi connectivity index (χ3v) is 3.32. The van der Waals surface area contributed by atoms with Crippen molar-refractivity contribution in [1.82, 2.24) is 0 Å². The Kier molecular flexibility index (Phi) is 5.79. The van der Waals surface area contributed by atoms with Crippen LogP contribution in [0, 0.1) is 0 Å². The molecule has 2 aromatic rings. The Balaban J connectivity index is 2.27. The fourth-order valence-corrected chi connectivity index (χ4v) is 2.24. The van der Waals surface area contributed by atoms with E-state index in [0.717, 1.165) is 0 Å². The largest absolute Gasteiger partial charge is 0.444 e. The van der Waals surface area contributed by atoms with Crippen molar-refractivity contribution in [3.8, 4) is 5.75 Å². The number of nitrogens with two attached hydrogens (primary N) is 2. The van der Waals surface area contributed by atoms with Crippen molar-refractivity contribution >= 4 is 34.8 Å². The lowest BCUT2D eigenvalue weighted by atomic mass is 10.2. The van der Waals surface area contributed by atoms with Crippen LogP contribution in [0.4, 0.5) is 27.5 Å². The molecule has 0 saturated carbocycles. The summed E-state index contributed by atoms with van der Waals surface area (Å²) in [6.45, 7) is 5.26. The second-order valence-electron chi connectivity index (χ2n) is 6.87. The van der Waals surface area contributed by atoms with E-state index < -0.39 is 17.7 Å². The molecule has 8 nitrogen and oxygen atoms in total. The molecule has 6 N–H and O–H groups in total. The number of benzene rings is 2. The molecule has 8 heteroatoms. The molecule has 144 valence electrons. The minimum absolute atomic E-state index is 0.158. The molecule has 0 aliphatic heterocycles. The summed E-state index contributed by atoms with van der Waals surface area (Å²) >= 11 is 0. The Bertz CT molecular complexity index is 839. The van der Waals surface area contributed by atoms with E-state index in [-0.39, 0.29) is 17.0 Å². The van der Waals surface area contributed by atoms with Gasteiger partial charge in [0.1, 0.15) is 5.60 Å². The topological polar surface area (TPSA) is 129 Å². The maximum atomic E-state index is 12.4. The quantitative estimate of drug-likeness (QED) is 0.367. The molecular weight excluding hydrogens is 348 g/mol. The number of rotatable bonds is 4. The molecule has 0 fully saturated rings. The number of anilines is 4. The van der Waals surface area contributed by atoms with Gasteiger partial charge in [0, 0.05) is 24.1 Å². The molecule has 0 aliphatic carbocycles. The number of hydrogen-bond donors (Lipinski definition) is 4. The van der Waals surface area contributed by atoms with E-state index in [1.54, 1.807) is 46.0 Å². The average molecular weight is 372 g/mol. The molecule has 0 atom stereocenters. The Morgan fingerprint density at radius 2 is 1.63 bits per heavy atom. The number of esters is 1. The first kappa shape index (κ1) is 19.9. The van der Waals surface area contributed by atoms with Gasteiger partial charge in [-0.1, -0.05) is 0 Å². The highest BCUT2D eigenvalue weighted by Crippen LogP contribution is 2.29.